The molecule has 1 heterocycles. The van der Waals surface area contributed by atoms with Crippen LogP contribution in [-0.2, 0) is 10.2 Å². The summed E-state index contributed by atoms with van der Waals surface area (Å²) in [6, 6.07) is 22.0. The quantitative estimate of drug-likeness (QED) is 0.502. The van der Waals surface area contributed by atoms with Gasteiger partial charge in [-0.2, -0.15) is 0 Å². The van der Waals surface area contributed by atoms with Gasteiger partial charge >= 0.3 is 0 Å². The van der Waals surface area contributed by atoms with Crippen LogP contribution in [0.15, 0.2) is 78.9 Å². The number of aromatic hydroxyl groups is 1. The lowest BCUT2D eigenvalue weighted by molar-refractivity contribution is -0.118. The predicted octanol–water partition coefficient (Wildman–Crippen LogP) is 5.11. The van der Waals surface area contributed by atoms with Crippen LogP contribution in [0.4, 0.5) is 14.5 Å². The molecule has 142 valence electrons. The molecular formula is C24H15F2NO2. The zero-order valence-corrected chi connectivity index (χ0v) is 15.1. The second-order valence-corrected chi connectivity index (χ2v) is 7.10. The summed E-state index contributed by atoms with van der Waals surface area (Å²) in [7, 11) is 0. The third-order valence-electron chi connectivity index (χ3n) is 5.56. The van der Waals surface area contributed by atoms with E-state index in [4.69, 9.17) is 0 Å². The fourth-order valence-corrected chi connectivity index (χ4v) is 4.19. The summed E-state index contributed by atoms with van der Waals surface area (Å²) in [5.41, 5.74) is -0.0164. The number of amides is 1. The van der Waals surface area contributed by atoms with Crippen LogP contribution in [0.3, 0.4) is 0 Å². The summed E-state index contributed by atoms with van der Waals surface area (Å²) in [6.07, 6.45) is 0. The Kier molecular flexibility index (Phi) is 3.68. The van der Waals surface area contributed by atoms with Crippen molar-refractivity contribution in [2.45, 2.75) is 5.41 Å². The summed E-state index contributed by atoms with van der Waals surface area (Å²) in [5, 5.41) is 14.2. The zero-order valence-electron chi connectivity index (χ0n) is 15.1. The molecule has 0 saturated carbocycles. The van der Waals surface area contributed by atoms with Crippen molar-refractivity contribution in [2.75, 3.05) is 5.32 Å². The summed E-state index contributed by atoms with van der Waals surface area (Å²) < 4.78 is 28.4. The van der Waals surface area contributed by atoms with Crippen molar-refractivity contribution in [3.8, 4) is 5.75 Å². The van der Waals surface area contributed by atoms with Crippen molar-refractivity contribution in [1.82, 2.24) is 0 Å². The molecular weight excluding hydrogens is 372 g/mol. The van der Waals surface area contributed by atoms with E-state index in [1.165, 1.54) is 18.2 Å². The maximum atomic E-state index is 14.5. The molecule has 1 unspecified atom stereocenters. The number of carbonyl (C=O) groups excluding carboxylic acids is 1. The maximum Gasteiger partial charge on any atom is 0.244 e. The number of phenolic OH excluding ortho intramolecular Hbond substituents is 1. The first kappa shape index (κ1) is 17.4. The van der Waals surface area contributed by atoms with E-state index >= 15 is 0 Å². The SMILES string of the molecule is O=C1Nc2c(ccc(F)c2F)C1(c1ccc(O)cc1)c1ccc2ccccc2c1. The minimum atomic E-state index is -1.37. The molecule has 0 spiro atoms. The Morgan fingerprint density at radius 3 is 2.24 bits per heavy atom. The highest BCUT2D eigenvalue weighted by atomic mass is 19.2. The number of rotatable bonds is 2. The van der Waals surface area contributed by atoms with E-state index in [1.54, 1.807) is 12.1 Å². The first-order chi connectivity index (χ1) is 14.0. The normalized spacial score (nSPS) is 17.9. The van der Waals surface area contributed by atoms with Gasteiger partial charge in [0, 0.05) is 5.56 Å². The number of halogens is 2. The van der Waals surface area contributed by atoms with Gasteiger partial charge in [0.05, 0.1) is 5.69 Å². The highest BCUT2D eigenvalue weighted by molar-refractivity contribution is 6.12. The summed E-state index contributed by atoms with van der Waals surface area (Å²) >= 11 is 0. The van der Waals surface area contributed by atoms with Gasteiger partial charge in [-0.15, -0.1) is 0 Å². The van der Waals surface area contributed by atoms with Crippen molar-refractivity contribution >= 4 is 22.4 Å². The van der Waals surface area contributed by atoms with E-state index in [1.807, 2.05) is 42.5 Å². The molecule has 4 aromatic rings. The van der Waals surface area contributed by atoms with Crippen LogP contribution < -0.4 is 5.32 Å². The van der Waals surface area contributed by atoms with E-state index in [2.05, 4.69) is 5.32 Å². The monoisotopic (exact) mass is 387 g/mol. The van der Waals surface area contributed by atoms with Gasteiger partial charge in [-0.3, -0.25) is 4.79 Å². The molecule has 0 fully saturated rings. The standard InChI is InChI=1S/C24H15F2NO2/c25-20-12-11-19-22(21(20)26)27-23(29)24(19,16-7-9-18(28)10-8-16)17-6-5-14-3-1-2-4-15(14)13-17/h1-13,28H,(H,27,29). The minimum absolute atomic E-state index is 0.0475. The van der Waals surface area contributed by atoms with E-state index < -0.39 is 23.0 Å². The Labute approximate surface area is 165 Å². The number of hydrogen-bond donors (Lipinski definition) is 2. The number of phenols is 1. The Bertz CT molecular complexity index is 1280. The maximum absolute atomic E-state index is 14.5. The van der Waals surface area contributed by atoms with E-state index in [9.17, 15) is 18.7 Å². The molecule has 1 amide bonds. The van der Waals surface area contributed by atoms with Gasteiger partial charge in [-0.25, -0.2) is 8.78 Å². The second kappa shape index (κ2) is 6.14. The molecule has 5 heteroatoms. The van der Waals surface area contributed by atoms with Crippen LogP contribution in [0.2, 0.25) is 0 Å². The summed E-state index contributed by atoms with van der Waals surface area (Å²) in [5.74, 6) is -2.54. The Balaban J connectivity index is 1.88. The largest absolute Gasteiger partial charge is 0.508 e. The number of nitrogens with one attached hydrogen (secondary N) is 1. The first-order valence-corrected chi connectivity index (χ1v) is 9.10. The van der Waals surface area contributed by atoms with Crippen molar-refractivity contribution in [1.29, 1.82) is 0 Å². The van der Waals surface area contributed by atoms with Crippen molar-refractivity contribution in [3.05, 3.63) is 107 Å². The summed E-state index contributed by atoms with van der Waals surface area (Å²) in [6.45, 7) is 0. The van der Waals surface area contributed by atoms with Crippen molar-refractivity contribution in [2.24, 2.45) is 0 Å². The number of fused-ring (bicyclic) bond motifs is 2. The van der Waals surface area contributed by atoms with Crippen LogP contribution in [0.1, 0.15) is 16.7 Å². The van der Waals surface area contributed by atoms with Gasteiger partial charge in [0.25, 0.3) is 0 Å². The molecule has 0 bridgehead atoms. The first-order valence-electron chi connectivity index (χ1n) is 9.10. The smallest absolute Gasteiger partial charge is 0.244 e. The molecule has 0 saturated heterocycles. The molecule has 2 N–H and O–H groups in total. The van der Waals surface area contributed by atoms with Crippen LogP contribution >= 0.6 is 0 Å². The average molecular weight is 387 g/mol. The molecule has 29 heavy (non-hydrogen) atoms. The molecule has 1 aliphatic rings. The Morgan fingerprint density at radius 1 is 0.793 bits per heavy atom. The molecule has 5 rings (SSSR count). The topological polar surface area (TPSA) is 49.3 Å². The van der Waals surface area contributed by atoms with Gasteiger partial charge < -0.3 is 10.4 Å². The zero-order chi connectivity index (χ0) is 20.2. The number of benzene rings is 4. The minimum Gasteiger partial charge on any atom is -0.508 e. The van der Waals surface area contributed by atoms with Crippen LogP contribution in [0.5, 0.6) is 5.75 Å². The third-order valence-corrected chi connectivity index (χ3v) is 5.56. The van der Waals surface area contributed by atoms with Gasteiger partial charge in [-0.1, -0.05) is 54.6 Å². The fraction of sp³-hybridized carbons (Fsp3) is 0.0417. The van der Waals surface area contributed by atoms with E-state index in [0.717, 1.165) is 16.8 Å². The lowest BCUT2D eigenvalue weighted by Crippen LogP contribution is -2.37. The van der Waals surface area contributed by atoms with Crippen LogP contribution in [0, 0.1) is 11.6 Å². The van der Waals surface area contributed by atoms with Crippen molar-refractivity contribution < 1.29 is 18.7 Å². The Hall–Kier alpha value is -3.73. The number of anilines is 1. The lowest BCUT2D eigenvalue weighted by atomic mass is 9.70. The molecule has 4 aromatic carbocycles. The van der Waals surface area contributed by atoms with E-state index in [0.29, 0.717) is 16.7 Å². The van der Waals surface area contributed by atoms with Gasteiger partial charge in [0.2, 0.25) is 5.91 Å². The average Bonchev–Trinajstić information content (AvgIpc) is 3.04. The third kappa shape index (κ3) is 2.37. The lowest BCUT2D eigenvalue weighted by Gasteiger charge is -2.29. The molecule has 0 aliphatic carbocycles. The molecule has 0 radical (unpaired) electrons. The summed E-state index contributed by atoms with van der Waals surface area (Å²) in [4.78, 5) is 13.4. The highest BCUT2D eigenvalue weighted by Gasteiger charge is 2.51. The Morgan fingerprint density at radius 2 is 1.48 bits per heavy atom. The molecule has 3 nitrogen and oxygen atoms in total. The van der Waals surface area contributed by atoms with Gasteiger partial charge in [-0.05, 0) is 46.2 Å². The predicted molar refractivity (Wildman–Crippen MR) is 107 cm³/mol. The van der Waals surface area contributed by atoms with Crippen LogP contribution in [-0.4, -0.2) is 11.0 Å². The van der Waals surface area contributed by atoms with Gasteiger partial charge in [0.15, 0.2) is 11.6 Å². The van der Waals surface area contributed by atoms with E-state index in [-0.39, 0.29) is 11.4 Å². The molecule has 1 aliphatic heterocycles. The van der Waals surface area contributed by atoms with Crippen LogP contribution in [0.25, 0.3) is 10.8 Å². The molecule has 0 aromatic heterocycles. The molecule has 1 atom stereocenters. The van der Waals surface area contributed by atoms with Gasteiger partial charge in [0.1, 0.15) is 11.2 Å². The number of hydrogen-bond acceptors (Lipinski definition) is 2. The van der Waals surface area contributed by atoms with Crippen molar-refractivity contribution in [3.63, 3.8) is 0 Å². The second-order valence-electron chi connectivity index (χ2n) is 7.10. The highest BCUT2D eigenvalue weighted by Crippen LogP contribution is 2.49. The fourth-order valence-electron chi connectivity index (χ4n) is 4.19. The number of carbonyl (C=O) groups is 1.